The van der Waals surface area contributed by atoms with E-state index in [2.05, 4.69) is 45.7 Å². The van der Waals surface area contributed by atoms with Gasteiger partial charge < -0.3 is 5.32 Å². The molecule has 4 nitrogen and oxygen atoms in total. The predicted molar refractivity (Wildman–Crippen MR) is 88.7 cm³/mol. The Kier molecular flexibility index (Phi) is 4.60. The number of amidine groups is 1. The fourth-order valence-corrected chi connectivity index (χ4v) is 3.40. The van der Waals surface area contributed by atoms with E-state index in [1.54, 1.807) is 0 Å². The van der Waals surface area contributed by atoms with E-state index in [-0.39, 0.29) is 0 Å². The van der Waals surface area contributed by atoms with Gasteiger partial charge in [0.05, 0.1) is 5.69 Å². The van der Waals surface area contributed by atoms with Crippen molar-refractivity contribution in [1.29, 1.82) is 0 Å². The summed E-state index contributed by atoms with van der Waals surface area (Å²) in [7, 11) is 1.94. The predicted octanol–water partition coefficient (Wildman–Crippen LogP) is 2.27. The van der Waals surface area contributed by atoms with Gasteiger partial charge in [-0.3, -0.25) is 9.67 Å². The quantitative estimate of drug-likeness (QED) is 0.921. The van der Waals surface area contributed by atoms with Crippen molar-refractivity contribution in [3.05, 3.63) is 53.9 Å². The monoisotopic (exact) mass is 300 g/mol. The summed E-state index contributed by atoms with van der Waals surface area (Å²) in [5.41, 5.74) is 2.48. The molecule has 110 valence electrons. The normalized spacial score (nSPS) is 19.9. The molecule has 1 aromatic carbocycles. The Bertz CT molecular complexity index is 606. The molecule has 1 saturated heterocycles. The molecule has 3 rings (SSSR count). The summed E-state index contributed by atoms with van der Waals surface area (Å²) in [4.78, 5) is 4.64. The minimum atomic E-state index is 0.492. The number of thioether (sulfide) groups is 1. The minimum Gasteiger partial charge on any atom is -0.361 e. The zero-order valence-electron chi connectivity index (χ0n) is 12.2. The van der Waals surface area contributed by atoms with Crippen LogP contribution in [-0.2, 0) is 19.9 Å². The number of hydrogen-bond acceptors (Lipinski definition) is 3. The summed E-state index contributed by atoms with van der Waals surface area (Å²) < 4.78 is 1.83. The average Bonchev–Trinajstić information content (AvgIpc) is 3.10. The molecule has 1 N–H and O–H groups in total. The molecule has 1 atom stereocenters. The van der Waals surface area contributed by atoms with E-state index in [4.69, 9.17) is 0 Å². The Balaban J connectivity index is 1.46. The summed E-state index contributed by atoms with van der Waals surface area (Å²) in [5.74, 6) is 1.09. The van der Waals surface area contributed by atoms with Gasteiger partial charge in [-0.2, -0.15) is 5.10 Å². The van der Waals surface area contributed by atoms with Gasteiger partial charge in [0, 0.05) is 38.0 Å². The maximum absolute atomic E-state index is 4.64. The molecule has 0 radical (unpaired) electrons. The van der Waals surface area contributed by atoms with Crippen LogP contribution in [0.4, 0.5) is 0 Å². The second-order valence-corrected chi connectivity index (χ2v) is 6.27. The Labute approximate surface area is 129 Å². The smallest absolute Gasteiger partial charge is 0.156 e. The number of benzene rings is 1. The third kappa shape index (κ3) is 4.11. The second-order valence-electron chi connectivity index (χ2n) is 5.26. The molecule has 1 unspecified atom stereocenters. The van der Waals surface area contributed by atoms with Gasteiger partial charge in [0.25, 0.3) is 0 Å². The van der Waals surface area contributed by atoms with Crippen LogP contribution in [0, 0.1) is 0 Å². The lowest BCUT2D eigenvalue weighted by Crippen LogP contribution is -2.29. The zero-order chi connectivity index (χ0) is 14.5. The van der Waals surface area contributed by atoms with E-state index in [9.17, 15) is 0 Å². The number of nitrogens with zero attached hydrogens (tertiary/aromatic N) is 3. The van der Waals surface area contributed by atoms with Crippen LogP contribution < -0.4 is 5.32 Å². The highest BCUT2D eigenvalue weighted by Crippen LogP contribution is 2.17. The van der Waals surface area contributed by atoms with Crippen molar-refractivity contribution in [2.24, 2.45) is 12.0 Å². The first-order valence-corrected chi connectivity index (χ1v) is 8.24. The molecule has 1 aliphatic rings. The van der Waals surface area contributed by atoms with E-state index in [1.807, 2.05) is 35.8 Å². The van der Waals surface area contributed by atoms with Crippen molar-refractivity contribution in [2.45, 2.75) is 18.9 Å². The van der Waals surface area contributed by atoms with Gasteiger partial charge in [0.15, 0.2) is 5.17 Å². The van der Waals surface area contributed by atoms with Gasteiger partial charge in [-0.15, -0.1) is 0 Å². The third-order valence-electron chi connectivity index (χ3n) is 3.47. The standard InChI is InChI=1S/C16H20N4S/c1-20-10-8-14(19-20)7-9-17-16-18-15(12-21-16)11-13-5-3-2-4-6-13/h2-6,8,10,15H,7,9,11-12H2,1H3,(H,17,18). The molecular weight excluding hydrogens is 280 g/mol. The molecule has 0 spiro atoms. The van der Waals surface area contributed by atoms with E-state index >= 15 is 0 Å². The Morgan fingerprint density at radius 1 is 1.33 bits per heavy atom. The Morgan fingerprint density at radius 3 is 2.95 bits per heavy atom. The van der Waals surface area contributed by atoms with Crippen molar-refractivity contribution in [3.63, 3.8) is 0 Å². The van der Waals surface area contributed by atoms with Crippen LogP contribution in [-0.4, -0.2) is 33.3 Å². The number of rotatable bonds is 5. The van der Waals surface area contributed by atoms with E-state index in [1.165, 1.54) is 5.56 Å². The van der Waals surface area contributed by atoms with Crippen LogP contribution >= 0.6 is 11.8 Å². The maximum atomic E-state index is 4.64. The molecule has 2 heterocycles. The van der Waals surface area contributed by atoms with Gasteiger partial charge in [0.1, 0.15) is 0 Å². The van der Waals surface area contributed by atoms with Crippen LogP contribution in [0.3, 0.4) is 0 Å². The van der Waals surface area contributed by atoms with E-state index in [0.717, 1.165) is 36.0 Å². The summed E-state index contributed by atoms with van der Waals surface area (Å²) in [5, 5.41) is 8.96. The lowest BCUT2D eigenvalue weighted by Gasteiger charge is -2.09. The molecule has 5 heteroatoms. The molecule has 0 amide bonds. The summed E-state index contributed by atoms with van der Waals surface area (Å²) in [6.07, 6.45) is 3.93. The largest absolute Gasteiger partial charge is 0.361 e. The van der Waals surface area contributed by atoms with Gasteiger partial charge in [0.2, 0.25) is 0 Å². The zero-order valence-corrected chi connectivity index (χ0v) is 13.0. The van der Waals surface area contributed by atoms with Crippen LogP contribution in [0.15, 0.2) is 47.6 Å². The highest BCUT2D eigenvalue weighted by atomic mass is 32.2. The summed E-state index contributed by atoms with van der Waals surface area (Å²) in [6.45, 7) is 0.796. The van der Waals surface area contributed by atoms with Crippen molar-refractivity contribution in [3.8, 4) is 0 Å². The topological polar surface area (TPSA) is 42.2 Å². The Morgan fingerprint density at radius 2 is 2.19 bits per heavy atom. The molecule has 1 aliphatic heterocycles. The number of aryl methyl sites for hydroxylation is 1. The Hall–Kier alpha value is -1.75. The number of aliphatic imine (C=N–C) groups is 1. The lowest BCUT2D eigenvalue weighted by molar-refractivity contribution is 0.685. The number of aromatic nitrogens is 2. The lowest BCUT2D eigenvalue weighted by atomic mass is 10.1. The highest BCUT2D eigenvalue weighted by molar-refractivity contribution is 8.14. The first-order valence-electron chi connectivity index (χ1n) is 7.26. The van der Waals surface area contributed by atoms with E-state index < -0.39 is 0 Å². The SMILES string of the molecule is Cn1ccc(CCN=C2NC(Cc3ccccc3)CS2)n1. The van der Waals surface area contributed by atoms with Crippen LogP contribution in [0.1, 0.15) is 11.3 Å². The van der Waals surface area contributed by atoms with Crippen LogP contribution in [0.25, 0.3) is 0 Å². The van der Waals surface area contributed by atoms with Crippen molar-refractivity contribution >= 4 is 16.9 Å². The van der Waals surface area contributed by atoms with Gasteiger partial charge in [-0.05, 0) is 18.1 Å². The van der Waals surface area contributed by atoms with E-state index in [0.29, 0.717) is 6.04 Å². The fraction of sp³-hybridized carbons (Fsp3) is 0.375. The third-order valence-corrected chi connectivity index (χ3v) is 4.56. The molecular formula is C16H20N4S. The molecule has 0 aliphatic carbocycles. The molecule has 0 bridgehead atoms. The van der Waals surface area contributed by atoms with Crippen LogP contribution in [0.2, 0.25) is 0 Å². The molecule has 1 fully saturated rings. The summed E-state index contributed by atoms with van der Waals surface area (Å²) in [6, 6.07) is 13.2. The fourth-order valence-electron chi connectivity index (χ4n) is 2.41. The van der Waals surface area contributed by atoms with Crippen molar-refractivity contribution in [2.75, 3.05) is 12.3 Å². The van der Waals surface area contributed by atoms with Crippen molar-refractivity contribution < 1.29 is 0 Å². The average molecular weight is 300 g/mol. The second kappa shape index (κ2) is 6.80. The van der Waals surface area contributed by atoms with Crippen molar-refractivity contribution in [1.82, 2.24) is 15.1 Å². The first kappa shape index (κ1) is 14.2. The van der Waals surface area contributed by atoms with Gasteiger partial charge >= 0.3 is 0 Å². The number of nitrogens with one attached hydrogen (secondary N) is 1. The molecule has 0 saturated carbocycles. The minimum absolute atomic E-state index is 0.492. The number of hydrogen-bond donors (Lipinski definition) is 1. The molecule has 2 aromatic rings. The highest BCUT2D eigenvalue weighted by Gasteiger charge is 2.20. The van der Waals surface area contributed by atoms with Crippen LogP contribution in [0.5, 0.6) is 0 Å². The van der Waals surface area contributed by atoms with Gasteiger partial charge in [-0.25, -0.2) is 0 Å². The summed E-state index contributed by atoms with van der Waals surface area (Å²) >= 11 is 1.82. The first-order chi connectivity index (χ1) is 10.3. The molecule has 1 aromatic heterocycles. The maximum Gasteiger partial charge on any atom is 0.156 e. The van der Waals surface area contributed by atoms with Gasteiger partial charge in [-0.1, -0.05) is 42.1 Å². The molecule has 21 heavy (non-hydrogen) atoms.